The van der Waals surface area contributed by atoms with E-state index in [1.807, 2.05) is 18.2 Å². The number of carbonyl (C=O) groups is 2. The molecule has 3 aliphatic heterocycles. The Hall–Kier alpha value is -4.72. The molecule has 0 saturated carbocycles. The van der Waals surface area contributed by atoms with Gasteiger partial charge in [0.15, 0.2) is 18.5 Å². The first-order valence-corrected chi connectivity index (χ1v) is 19.8. The summed E-state index contributed by atoms with van der Waals surface area (Å²) in [5.74, 6) is -4.95. The number of aliphatic hydroxyl groups excluding tert-OH is 6. The SMILES string of the molecule is CCCCC/C=C/C=C/C(O)C/C=C/C=C/C(=O)O[C@H]1C(O[C@@H]2O[C@H](COC(=O)/C=C/c3ccccc3)[C@H](O)[C@H](O)[C@H]2O)[C@@H](CO)O[C@]2(OCc3cc(O)cc(O)c32)[C@@H]1O. The van der Waals surface area contributed by atoms with Crippen molar-refractivity contribution in [3.8, 4) is 11.5 Å². The van der Waals surface area contributed by atoms with E-state index in [0.29, 0.717) is 0 Å². The summed E-state index contributed by atoms with van der Waals surface area (Å²) in [6.07, 6.45) is 3.22. The molecule has 8 N–H and O–H groups in total. The average molecular weight is 839 g/mol. The van der Waals surface area contributed by atoms with Crippen molar-refractivity contribution in [1.29, 1.82) is 0 Å². The van der Waals surface area contributed by atoms with Crippen LogP contribution in [0, 0.1) is 0 Å². The van der Waals surface area contributed by atoms with Crippen LogP contribution in [-0.2, 0) is 50.4 Å². The number of phenolic OH excluding ortho intramolecular Hbond substituents is 2. The van der Waals surface area contributed by atoms with E-state index in [9.17, 15) is 50.4 Å². The van der Waals surface area contributed by atoms with Crippen LogP contribution in [0.1, 0.15) is 55.7 Å². The van der Waals surface area contributed by atoms with Crippen LogP contribution in [0.5, 0.6) is 11.5 Å². The molecule has 0 aliphatic carbocycles. The molecule has 0 aromatic heterocycles. The number of rotatable bonds is 18. The van der Waals surface area contributed by atoms with Gasteiger partial charge in [-0.3, -0.25) is 0 Å². The Morgan fingerprint density at radius 2 is 1.67 bits per heavy atom. The van der Waals surface area contributed by atoms with E-state index < -0.39 is 97.9 Å². The zero-order valence-corrected chi connectivity index (χ0v) is 33.1. The van der Waals surface area contributed by atoms with Gasteiger partial charge in [-0.05, 0) is 42.5 Å². The molecule has 2 aromatic rings. The maximum atomic E-state index is 13.3. The van der Waals surface area contributed by atoms with Gasteiger partial charge < -0.3 is 69.3 Å². The van der Waals surface area contributed by atoms with E-state index in [2.05, 4.69) is 6.92 Å². The number of hydrogen-bond acceptors (Lipinski definition) is 16. The molecule has 5 rings (SSSR count). The van der Waals surface area contributed by atoms with Gasteiger partial charge in [0, 0.05) is 18.2 Å². The fourth-order valence-corrected chi connectivity index (χ4v) is 7.00. The normalized spacial score (nSPS) is 29.9. The third-order valence-corrected chi connectivity index (χ3v) is 10.1. The van der Waals surface area contributed by atoms with Crippen molar-refractivity contribution in [3.63, 3.8) is 0 Å². The number of unbranched alkanes of at least 4 members (excludes halogenated alkanes) is 3. The predicted octanol–water partition coefficient (Wildman–Crippen LogP) is 2.45. The van der Waals surface area contributed by atoms with Gasteiger partial charge in [0.2, 0.25) is 5.79 Å². The Balaban J connectivity index is 1.32. The Bertz CT molecular complexity index is 1860. The highest BCUT2D eigenvalue weighted by Gasteiger charge is 2.63. The van der Waals surface area contributed by atoms with Crippen molar-refractivity contribution in [2.24, 2.45) is 0 Å². The van der Waals surface area contributed by atoms with Crippen LogP contribution >= 0.6 is 0 Å². The smallest absolute Gasteiger partial charge is 0.331 e. The molecule has 0 bridgehead atoms. The summed E-state index contributed by atoms with van der Waals surface area (Å²) >= 11 is 0. The largest absolute Gasteiger partial charge is 0.508 e. The van der Waals surface area contributed by atoms with Crippen LogP contribution in [0.2, 0.25) is 0 Å². The number of aliphatic hydroxyl groups is 6. The van der Waals surface area contributed by atoms with Gasteiger partial charge in [-0.15, -0.1) is 0 Å². The minimum absolute atomic E-state index is 0.112. The second-order valence-electron chi connectivity index (χ2n) is 14.5. The van der Waals surface area contributed by atoms with E-state index in [-0.39, 0.29) is 29.9 Å². The maximum Gasteiger partial charge on any atom is 0.331 e. The van der Waals surface area contributed by atoms with Crippen molar-refractivity contribution in [3.05, 3.63) is 114 Å². The molecular weight excluding hydrogens is 784 g/mol. The van der Waals surface area contributed by atoms with Crippen molar-refractivity contribution >= 4 is 18.0 Å². The van der Waals surface area contributed by atoms with Gasteiger partial charge in [0.25, 0.3) is 0 Å². The van der Waals surface area contributed by atoms with Gasteiger partial charge in [-0.1, -0.05) is 92.6 Å². The van der Waals surface area contributed by atoms with Gasteiger partial charge in [-0.2, -0.15) is 0 Å². The van der Waals surface area contributed by atoms with Crippen molar-refractivity contribution in [2.45, 2.75) is 113 Å². The number of benzene rings is 2. The molecule has 2 aromatic carbocycles. The molecule has 16 nitrogen and oxygen atoms in total. The first-order valence-electron chi connectivity index (χ1n) is 19.8. The molecule has 2 saturated heterocycles. The Morgan fingerprint density at radius 1 is 0.900 bits per heavy atom. The lowest BCUT2D eigenvalue weighted by atomic mass is 9.86. The molecule has 2 fully saturated rings. The van der Waals surface area contributed by atoms with E-state index in [1.54, 1.807) is 42.5 Å². The number of aromatic hydroxyl groups is 2. The second-order valence-corrected chi connectivity index (χ2v) is 14.5. The second kappa shape index (κ2) is 22.2. The zero-order chi connectivity index (χ0) is 43.2. The molecule has 326 valence electrons. The van der Waals surface area contributed by atoms with Crippen LogP contribution < -0.4 is 0 Å². The molecule has 3 heterocycles. The molecule has 3 aliphatic rings. The van der Waals surface area contributed by atoms with E-state index in [4.69, 9.17) is 28.4 Å². The summed E-state index contributed by atoms with van der Waals surface area (Å²) in [5, 5.41) is 86.2. The Labute approximate surface area is 347 Å². The van der Waals surface area contributed by atoms with E-state index >= 15 is 0 Å². The molecule has 1 spiro atoms. The number of fused-ring (bicyclic) bond motifs is 2. The molecule has 60 heavy (non-hydrogen) atoms. The molecule has 0 amide bonds. The van der Waals surface area contributed by atoms with Crippen LogP contribution in [-0.4, -0.2) is 127 Å². The number of allylic oxidation sites excluding steroid dienone is 5. The summed E-state index contributed by atoms with van der Waals surface area (Å²) in [6.45, 7) is 0.374. The van der Waals surface area contributed by atoms with Crippen molar-refractivity contribution in [1.82, 2.24) is 0 Å². The standard InChI is InChI=1S/C44H54O16/c1-2-3-4-5-6-7-12-17-29(46)18-13-9-14-19-35(50)58-41-40(32(24-45)60-44(42(41)54)36-28(25-56-44)22-30(47)23-31(36)48)59-43-39(53)38(52)37(51)33(57-43)26-55-34(49)21-20-27-15-10-8-11-16-27/h6-17,19-23,29,32-33,37-43,45-48,51-54H,2-5,18,24-26H2,1H3/b7-6+,13-9+,17-12+,19-14+,21-20+/t29?,32-,33-,37+,38+,39-,40?,41+,42-,43+,44+/m1/s1. The first-order chi connectivity index (χ1) is 28.9. The summed E-state index contributed by atoms with van der Waals surface area (Å²) in [7, 11) is 0. The number of carbonyl (C=O) groups excluding carboxylic acids is 2. The number of hydrogen-bond donors (Lipinski definition) is 8. The monoisotopic (exact) mass is 838 g/mol. The third-order valence-electron chi connectivity index (χ3n) is 10.1. The molecular formula is C44H54O16. The van der Waals surface area contributed by atoms with Crippen LogP contribution in [0.15, 0.2) is 97.1 Å². The maximum absolute atomic E-state index is 13.3. The van der Waals surface area contributed by atoms with Crippen LogP contribution in [0.4, 0.5) is 0 Å². The van der Waals surface area contributed by atoms with Gasteiger partial charge in [0.1, 0.15) is 54.7 Å². The fourth-order valence-electron chi connectivity index (χ4n) is 7.00. The number of esters is 2. The minimum atomic E-state index is -2.27. The highest BCUT2D eigenvalue weighted by atomic mass is 16.8. The molecule has 2 unspecified atom stereocenters. The predicted molar refractivity (Wildman–Crippen MR) is 213 cm³/mol. The lowest BCUT2D eigenvalue weighted by Crippen LogP contribution is -2.67. The third kappa shape index (κ3) is 11.8. The highest BCUT2D eigenvalue weighted by molar-refractivity contribution is 5.87. The molecule has 0 radical (unpaired) electrons. The number of phenols is 2. The Morgan fingerprint density at radius 3 is 2.42 bits per heavy atom. The summed E-state index contributed by atoms with van der Waals surface area (Å²) in [5.41, 5.74) is 0.825. The summed E-state index contributed by atoms with van der Waals surface area (Å²) in [4.78, 5) is 25.8. The fraction of sp³-hybridized carbons (Fsp3) is 0.455. The minimum Gasteiger partial charge on any atom is -0.508 e. The topological polar surface area (TPSA) is 251 Å². The summed E-state index contributed by atoms with van der Waals surface area (Å²) < 4.78 is 34.7. The first kappa shape index (κ1) is 46.3. The quantitative estimate of drug-likeness (QED) is 0.0465. The van der Waals surface area contributed by atoms with E-state index in [0.717, 1.165) is 49.5 Å². The van der Waals surface area contributed by atoms with Gasteiger partial charge >= 0.3 is 11.9 Å². The average Bonchev–Trinajstić information content (AvgIpc) is 3.60. The van der Waals surface area contributed by atoms with Crippen LogP contribution in [0.3, 0.4) is 0 Å². The molecule has 11 atom stereocenters. The van der Waals surface area contributed by atoms with Gasteiger partial charge in [-0.25, -0.2) is 9.59 Å². The van der Waals surface area contributed by atoms with Gasteiger partial charge in [0.05, 0.1) is 24.9 Å². The highest BCUT2D eigenvalue weighted by Crippen LogP contribution is 2.51. The lowest BCUT2D eigenvalue weighted by Gasteiger charge is -2.50. The lowest BCUT2D eigenvalue weighted by molar-refractivity contribution is -0.395. The Kier molecular flexibility index (Phi) is 17.2. The number of ether oxygens (including phenoxy) is 6. The zero-order valence-electron chi connectivity index (χ0n) is 33.1. The van der Waals surface area contributed by atoms with Crippen molar-refractivity contribution in [2.75, 3.05) is 13.2 Å². The van der Waals surface area contributed by atoms with Crippen molar-refractivity contribution < 1.29 is 78.9 Å². The molecule has 16 heteroatoms. The van der Waals surface area contributed by atoms with E-state index in [1.165, 1.54) is 24.3 Å². The van der Waals surface area contributed by atoms with Crippen LogP contribution in [0.25, 0.3) is 6.08 Å². The summed E-state index contributed by atoms with van der Waals surface area (Å²) in [6, 6.07) is 11.1.